The van der Waals surface area contributed by atoms with E-state index in [2.05, 4.69) is 93.5 Å². The highest BCUT2D eigenvalue weighted by molar-refractivity contribution is 9.11. The van der Waals surface area contributed by atoms with Gasteiger partial charge in [-0.2, -0.15) is 0 Å². The molecule has 174 valence electrons. The first-order valence-corrected chi connectivity index (χ1v) is 12.8. The van der Waals surface area contributed by atoms with Gasteiger partial charge < -0.3 is 4.74 Å². The van der Waals surface area contributed by atoms with Crippen LogP contribution in [0.15, 0.2) is 47.5 Å². The zero-order valence-electron chi connectivity index (χ0n) is 21.4. The van der Waals surface area contributed by atoms with E-state index in [0.29, 0.717) is 5.92 Å². The summed E-state index contributed by atoms with van der Waals surface area (Å²) in [4.78, 5) is 0. The summed E-state index contributed by atoms with van der Waals surface area (Å²) in [5.74, 6) is 1.37. The van der Waals surface area contributed by atoms with Crippen molar-refractivity contribution in [3.8, 4) is 16.9 Å². The van der Waals surface area contributed by atoms with Crippen LogP contribution in [0.1, 0.15) is 89.0 Å². The molecule has 0 radical (unpaired) electrons. The van der Waals surface area contributed by atoms with Gasteiger partial charge in [0, 0.05) is 5.56 Å². The molecule has 2 heteroatoms. The highest BCUT2D eigenvalue weighted by atomic mass is 79.9. The first-order chi connectivity index (χ1) is 15.2. The van der Waals surface area contributed by atoms with Crippen molar-refractivity contribution in [2.75, 3.05) is 7.11 Å². The number of halogens is 1. The molecule has 2 aromatic rings. The molecule has 0 saturated heterocycles. The summed E-state index contributed by atoms with van der Waals surface area (Å²) < 4.78 is 6.85. The monoisotopic (exact) mass is 496 g/mol. The smallest absolute Gasteiger partial charge is 0.126 e. The molecule has 0 fully saturated rings. The second-order valence-electron chi connectivity index (χ2n) is 9.40. The van der Waals surface area contributed by atoms with Crippen LogP contribution in [0, 0.1) is 12.3 Å². The molecular weight excluding hydrogens is 456 g/mol. The Morgan fingerprint density at radius 1 is 1.22 bits per heavy atom. The van der Waals surface area contributed by atoms with E-state index in [-0.39, 0.29) is 5.41 Å². The van der Waals surface area contributed by atoms with Crippen molar-refractivity contribution in [2.24, 2.45) is 5.41 Å². The zero-order valence-corrected chi connectivity index (χ0v) is 22.9. The minimum Gasteiger partial charge on any atom is -0.496 e. The maximum atomic E-state index is 5.79. The third-order valence-electron chi connectivity index (χ3n) is 6.29. The van der Waals surface area contributed by atoms with Gasteiger partial charge in [0.1, 0.15) is 5.75 Å². The van der Waals surface area contributed by atoms with Gasteiger partial charge in [0.2, 0.25) is 0 Å². The SMILES string of the molecule is C=C(Br)CC1Cc2cccc(OC)c2-c2ccc(C)c(/C(C)=C\C(C)(C)CCC)c21.CC. The lowest BCUT2D eigenvalue weighted by molar-refractivity contribution is 0.415. The van der Waals surface area contributed by atoms with Crippen LogP contribution in [0.3, 0.4) is 0 Å². The molecule has 1 atom stereocenters. The second-order valence-corrected chi connectivity index (χ2v) is 10.5. The second kappa shape index (κ2) is 11.4. The lowest BCUT2D eigenvalue weighted by Crippen LogP contribution is -2.16. The van der Waals surface area contributed by atoms with E-state index in [0.717, 1.165) is 23.1 Å². The molecule has 2 aromatic carbocycles. The maximum Gasteiger partial charge on any atom is 0.126 e. The van der Waals surface area contributed by atoms with Crippen LogP contribution < -0.4 is 4.74 Å². The topological polar surface area (TPSA) is 9.23 Å². The van der Waals surface area contributed by atoms with Crippen LogP contribution in [0.5, 0.6) is 5.75 Å². The lowest BCUT2D eigenvalue weighted by Gasteiger charge is -2.33. The van der Waals surface area contributed by atoms with Crippen molar-refractivity contribution < 1.29 is 4.74 Å². The summed E-state index contributed by atoms with van der Waals surface area (Å²) in [5.41, 5.74) is 9.71. The summed E-state index contributed by atoms with van der Waals surface area (Å²) in [5, 5.41) is 0. The molecule has 0 spiro atoms. The minimum atomic E-state index is 0.187. The van der Waals surface area contributed by atoms with Crippen LogP contribution in [0.2, 0.25) is 0 Å². The minimum absolute atomic E-state index is 0.187. The number of allylic oxidation sites excluding steroid dienone is 3. The van der Waals surface area contributed by atoms with Gasteiger partial charge >= 0.3 is 0 Å². The Hall–Kier alpha value is -1.80. The van der Waals surface area contributed by atoms with Gasteiger partial charge in [0.25, 0.3) is 0 Å². The van der Waals surface area contributed by atoms with Crippen molar-refractivity contribution >= 4 is 21.5 Å². The zero-order chi connectivity index (χ0) is 24.1. The molecule has 1 unspecified atom stereocenters. The van der Waals surface area contributed by atoms with Crippen LogP contribution in [0.4, 0.5) is 0 Å². The summed E-state index contributed by atoms with van der Waals surface area (Å²) >= 11 is 3.65. The van der Waals surface area contributed by atoms with E-state index in [1.165, 1.54) is 51.8 Å². The highest BCUT2D eigenvalue weighted by Gasteiger charge is 2.30. The third-order valence-corrected chi connectivity index (χ3v) is 6.62. The van der Waals surface area contributed by atoms with Gasteiger partial charge in [-0.15, -0.1) is 0 Å². The van der Waals surface area contributed by atoms with Crippen LogP contribution in [-0.2, 0) is 6.42 Å². The molecule has 1 aliphatic carbocycles. The fraction of sp³-hybridized carbons (Fsp3) is 0.467. The molecule has 1 nitrogen and oxygen atoms in total. The Morgan fingerprint density at radius 3 is 2.50 bits per heavy atom. The van der Waals surface area contributed by atoms with Crippen molar-refractivity contribution in [1.82, 2.24) is 0 Å². The largest absolute Gasteiger partial charge is 0.496 e. The lowest BCUT2D eigenvalue weighted by atomic mass is 9.72. The van der Waals surface area contributed by atoms with E-state index >= 15 is 0 Å². The Kier molecular flexibility index (Phi) is 9.40. The summed E-state index contributed by atoms with van der Waals surface area (Å²) in [6, 6.07) is 11.0. The third kappa shape index (κ3) is 5.76. The fourth-order valence-electron chi connectivity index (χ4n) is 5.30. The number of ether oxygens (including phenoxy) is 1. The van der Waals surface area contributed by atoms with Gasteiger partial charge in [-0.1, -0.05) is 93.9 Å². The van der Waals surface area contributed by atoms with E-state index in [1.807, 2.05) is 13.8 Å². The number of benzene rings is 2. The van der Waals surface area contributed by atoms with Crippen LogP contribution >= 0.6 is 15.9 Å². The highest BCUT2D eigenvalue weighted by Crippen LogP contribution is 2.49. The van der Waals surface area contributed by atoms with E-state index in [9.17, 15) is 0 Å². The molecule has 0 aliphatic heterocycles. The average Bonchev–Trinajstić information content (AvgIpc) is 2.73. The predicted octanol–water partition coefficient (Wildman–Crippen LogP) is 9.86. The number of fused-ring (bicyclic) bond motifs is 3. The summed E-state index contributed by atoms with van der Waals surface area (Å²) in [6.07, 6.45) is 6.81. The normalized spacial score (nSPS) is 15.3. The first-order valence-electron chi connectivity index (χ1n) is 12.0. The van der Waals surface area contributed by atoms with Gasteiger partial charge in [-0.05, 0) is 88.4 Å². The Morgan fingerprint density at radius 2 is 1.91 bits per heavy atom. The molecule has 0 N–H and O–H groups in total. The molecule has 0 bridgehead atoms. The number of aryl methyl sites for hydroxylation is 1. The fourth-order valence-corrected chi connectivity index (χ4v) is 5.69. The average molecular weight is 498 g/mol. The van der Waals surface area contributed by atoms with Crippen molar-refractivity contribution in [3.63, 3.8) is 0 Å². The Bertz CT molecular complexity index is 981. The first kappa shape index (κ1) is 26.5. The van der Waals surface area contributed by atoms with Crippen LogP contribution in [0.25, 0.3) is 16.7 Å². The Labute approximate surface area is 205 Å². The number of methoxy groups -OCH3 is 1. The van der Waals surface area contributed by atoms with E-state index < -0.39 is 0 Å². The number of hydrogen-bond donors (Lipinski definition) is 0. The van der Waals surface area contributed by atoms with Gasteiger partial charge in [0.15, 0.2) is 0 Å². The standard InChI is InChI=1S/C28H35BrO.C2H6/c1-8-14-28(5,6)17-19(3)25-18(2)12-13-23-26-21(10-9-11-24(26)30-7)16-22(27(23)25)15-20(4)29;1-2/h9-13,17,22H,4,8,14-16H2,1-3,5-7H3;1-2H3/b19-17-;. The van der Waals surface area contributed by atoms with Gasteiger partial charge in [0.05, 0.1) is 7.11 Å². The molecule has 0 amide bonds. The number of rotatable bonds is 7. The molecule has 0 saturated carbocycles. The number of hydrogen-bond acceptors (Lipinski definition) is 1. The maximum absolute atomic E-state index is 5.79. The van der Waals surface area contributed by atoms with E-state index in [4.69, 9.17) is 4.74 Å². The predicted molar refractivity (Wildman–Crippen MR) is 146 cm³/mol. The van der Waals surface area contributed by atoms with Crippen molar-refractivity contribution in [3.05, 3.63) is 69.7 Å². The molecule has 0 heterocycles. The molecular formula is C30H41BrO. The summed E-state index contributed by atoms with van der Waals surface area (Å²) in [6.45, 7) is 19.7. The molecule has 0 aromatic heterocycles. The van der Waals surface area contributed by atoms with Crippen molar-refractivity contribution in [1.29, 1.82) is 0 Å². The molecule has 1 aliphatic rings. The van der Waals surface area contributed by atoms with Gasteiger partial charge in [-0.3, -0.25) is 0 Å². The van der Waals surface area contributed by atoms with Gasteiger partial charge in [-0.25, -0.2) is 0 Å². The molecule has 3 rings (SSSR count). The molecule has 32 heavy (non-hydrogen) atoms. The van der Waals surface area contributed by atoms with E-state index in [1.54, 1.807) is 7.11 Å². The Balaban J connectivity index is 0.00000176. The summed E-state index contributed by atoms with van der Waals surface area (Å²) in [7, 11) is 1.77. The van der Waals surface area contributed by atoms with Crippen LogP contribution in [-0.4, -0.2) is 7.11 Å². The van der Waals surface area contributed by atoms with Crippen molar-refractivity contribution in [2.45, 2.75) is 80.1 Å². The quantitative estimate of drug-likeness (QED) is 0.370.